The van der Waals surface area contributed by atoms with Gasteiger partial charge in [-0.1, -0.05) is 39.1 Å². The van der Waals surface area contributed by atoms with E-state index in [1.807, 2.05) is 48.5 Å². The zero-order chi connectivity index (χ0) is 16.7. The van der Waals surface area contributed by atoms with Crippen LogP contribution in [0.5, 0.6) is 11.5 Å². The Balaban J connectivity index is -0.00000144. The minimum absolute atomic E-state index is 0. The molecular weight excluding hydrogens is 387 g/mol. The van der Waals surface area contributed by atoms with Crippen molar-refractivity contribution in [3.63, 3.8) is 0 Å². The first-order valence-electron chi connectivity index (χ1n) is 7.12. The van der Waals surface area contributed by atoms with Crippen molar-refractivity contribution in [2.24, 2.45) is 11.5 Å². The Bertz CT molecular complexity index is 618. The second kappa shape index (κ2) is 14.7. The summed E-state index contributed by atoms with van der Waals surface area (Å²) in [4.78, 5) is 0. The van der Waals surface area contributed by atoms with Crippen LogP contribution in [0, 0.1) is 10.8 Å². The predicted molar refractivity (Wildman–Crippen MR) is 118 cm³/mol. The van der Waals surface area contributed by atoms with Crippen LogP contribution in [-0.4, -0.2) is 18.5 Å². The van der Waals surface area contributed by atoms with E-state index in [0.717, 1.165) is 11.1 Å². The van der Waals surface area contributed by atoms with Gasteiger partial charge in [0.2, 0.25) is 6.79 Å². The Kier molecular flexibility index (Phi) is 16.0. The van der Waals surface area contributed by atoms with E-state index in [4.69, 9.17) is 31.8 Å². The average molecular weight is 417 g/mol. The summed E-state index contributed by atoms with van der Waals surface area (Å²) in [7, 11) is 0. The van der Waals surface area contributed by atoms with Crippen molar-refractivity contribution in [2.45, 2.75) is 27.7 Å². The van der Waals surface area contributed by atoms with Crippen LogP contribution in [0.25, 0.3) is 0 Å². The van der Waals surface area contributed by atoms with Crippen molar-refractivity contribution in [3.05, 3.63) is 59.7 Å². The molecule has 8 heteroatoms. The number of amidine groups is 2. The standard InChI is InChI=1S/C17H20N4O2.2CH4.2ClH/c18-16(19)9-12-1-5-14(6-2-12)22-11-23-15-7-3-13(4-8-15)10-17(20)21;;;;/h1-8H,9-11H2,(H3,18,19)(H3,20,21);2*1H4;2*1H. The lowest BCUT2D eigenvalue weighted by Crippen LogP contribution is -2.12. The van der Waals surface area contributed by atoms with E-state index in [2.05, 4.69) is 0 Å². The molecule has 0 aliphatic heterocycles. The summed E-state index contributed by atoms with van der Waals surface area (Å²) >= 11 is 0. The van der Waals surface area contributed by atoms with E-state index in [-0.39, 0.29) is 58.1 Å². The van der Waals surface area contributed by atoms with Crippen molar-refractivity contribution in [1.29, 1.82) is 10.8 Å². The minimum atomic E-state index is 0. The number of hydrogen-bond acceptors (Lipinski definition) is 4. The van der Waals surface area contributed by atoms with E-state index < -0.39 is 0 Å². The Hall–Kier alpha value is -2.44. The van der Waals surface area contributed by atoms with Crippen LogP contribution >= 0.6 is 24.8 Å². The molecule has 2 aromatic carbocycles. The van der Waals surface area contributed by atoms with Crippen molar-refractivity contribution < 1.29 is 9.47 Å². The summed E-state index contributed by atoms with van der Waals surface area (Å²) < 4.78 is 11.0. The van der Waals surface area contributed by atoms with E-state index in [1.165, 1.54) is 0 Å². The molecular formula is C19H30Cl2N4O2. The zero-order valence-corrected chi connectivity index (χ0v) is 15.2. The lowest BCUT2D eigenvalue weighted by molar-refractivity contribution is 0.120. The highest BCUT2D eigenvalue weighted by Gasteiger charge is 2.00. The Labute approximate surface area is 174 Å². The average Bonchev–Trinajstić information content (AvgIpc) is 2.50. The van der Waals surface area contributed by atoms with Gasteiger partial charge >= 0.3 is 0 Å². The SMILES string of the molecule is C.C.Cl.Cl.N=C(N)Cc1ccc(OCOc2ccc(CC(=N)N)cc2)cc1. The number of hydrogen-bond donors (Lipinski definition) is 4. The molecule has 6 N–H and O–H groups in total. The third kappa shape index (κ3) is 11.0. The van der Waals surface area contributed by atoms with Crippen LogP contribution in [-0.2, 0) is 12.8 Å². The maximum absolute atomic E-state index is 7.25. The van der Waals surface area contributed by atoms with Gasteiger partial charge in [-0.2, -0.15) is 0 Å². The van der Waals surface area contributed by atoms with Gasteiger partial charge in [0.15, 0.2) is 0 Å². The fourth-order valence-corrected chi connectivity index (χ4v) is 2.01. The normalized spacial score (nSPS) is 8.59. The van der Waals surface area contributed by atoms with E-state index in [1.54, 1.807) is 0 Å². The third-order valence-electron chi connectivity index (χ3n) is 3.09. The van der Waals surface area contributed by atoms with Gasteiger partial charge in [0, 0.05) is 12.8 Å². The van der Waals surface area contributed by atoms with Crippen LogP contribution in [0.15, 0.2) is 48.5 Å². The zero-order valence-electron chi connectivity index (χ0n) is 13.5. The molecule has 27 heavy (non-hydrogen) atoms. The summed E-state index contributed by atoms with van der Waals surface area (Å²) in [5.41, 5.74) is 12.6. The Morgan fingerprint density at radius 3 is 1.22 bits per heavy atom. The van der Waals surface area contributed by atoms with Crippen molar-refractivity contribution in [1.82, 2.24) is 0 Å². The van der Waals surface area contributed by atoms with Crippen LogP contribution < -0.4 is 20.9 Å². The maximum atomic E-state index is 7.25. The fourth-order valence-electron chi connectivity index (χ4n) is 2.01. The van der Waals surface area contributed by atoms with Crippen molar-refractivity contribution in [3.8, 4) is 11.5 Å². The lowest BCUT2D eigenvalue weighted by Gasteiger charge is -2.09. The number of ether oxygens (including phenoxy) is 2. The molecule has 6 nitrogen and oxygen atoms in total. The highest BCUT2D eigenvalue weighted by atomic mass is 35.5. The molecule has 0 saturated heterocycles. The van der Waals surface area contributed by atoms with Gasteiger partial charge in [-0.05, 0) is 35.4 Å². The number of halogens is 2. The molecule has 0 fully saturated rings. The number of nitrogens with one attached hydrogen (secondary N) is 2. The van der Waals surface area contributed by atoms with Crippen molar-refractivity contribution in [2.75, 3.05) is 6.79 Å². The quantitative estimate of drug-likeness (QED) is 0.293. The van der Waals surface area contributed by atoms with Gasteiger partial charge in [0.05, 0.1) is 11.7 Å². The number of rotatable bonds is 8. The van der Waals surface area contributed by atoms with Gasteiger partial charge in [0.1, 0.15) is 11.5 Å². The molecule has 2 rings (SSSR count). The summed E-state index contributed by atoms with van der Waals surface area (Å²) in [5.74, 6) is 1.64. The molecule has 0 saturated carbocycles. The Morgan fingerprint density at radius 2 is 0.963 bits per heavy atom. The molecule has 0 unspecified atom stereocenters. The van der Waals surface area contributed by atoms with Gasteiger partial charge in [0.25, 0.3) is 0 Å². The van der Waals surface area contributed by atoms with Crippen LogP contribution in [0.4, 0.5) is 0 Å². The second-order valence-corrected chi connectivity index (χ2v) is 5.10. The smallest absolute Gasteiger partial charge is 0.230 e. The van der Waals surface area contributed by atoms with Gasteiger partial charge < -0.3 is 20.9 Å². The first-order chi connectivity index (χ1) is 11.0. The maximum Gasteiger partial charge on any atom is 0.230 e. The fraction of sp³-hybridized carbons (Fsp3) is 0.263. The topological polar surface area (TPSA) is 118 Å². The first-order valence-corrected chi connectivity index (χ1v) is 7.12. The highest BCUT2D eigenvalue weighted by molar-refractivity contribution is 5.85. The predicted octanol–water partition coefficient (Wildman–Crippen LogP) is 4.17. The summed E-state index contributed by atoms with van der Waals surface area (Å²) in [6, 6.07) is 14.7. The molecule has 0 aromatic heterocycles. The van der Waals surface area contributed by atoms with E-state index in [9.17, 15) is 0 Å². The molecule has 0 spiro atoms. The molecule has 0 radical (unpaired) electrons. The molecule has 0 atom stereocenters. The van der Waals surface area contributed by atoms with Crippen LogP contribution in [0.3, 0.4) is 0 Å². The summed E-state index contributed by atoms with van der Waals surface area (Å²) in [5, 5.41) is 14.5. The largest absolute Gasteiger partial charge is 0.458 e. The lowest BCUT2D eigenvalue weighted by atomic mass is 10.1. The van der Waals surface area contributed by atoms with Gasteiger partial charge in [-0.25, -0.2) is 0 Å². The third-order valence-corrected chi connectivity index (χ3v) is 3.09. The summed E-state index contributed by atoms with van der Waals surface area (Å²) in [6.07, 6.45) is 0.868. The molecule has 152 valence electrons. The van der Waals surface area contributed by atoms with Gasteiger partial charge in [-0.3, -0.25) is 10.8 Å². The first kappa shape index (κ1) is 29.3. The minimum Gasteiger partial charge on any atom is -0.458 e. The van der Waals surface area contributed by atoms with Gasteiger partial charge in [-0.15, -0.1) is 24.8 Å². The number of nitrogens with two attached hydrogens (primary N) is 2. The van der Waals surface area contributed by atoms with Crippen LogP contribution in [0.2, 0.25) is 0 Å². The van der Waals surface area contributed by atoms with Crippen LogP contribution in [0.1, 0.15) is 26.0 Å². The molecule has 0 bridgehead atoms. The molecule has 0 aliphatic carbocycles. The number of benzene rings is 2. The van der Waals surface area contributed by atoms with Crippen molar-refractivity contribution >= 4 is 36.5 Å². The Morgan fingerprint density at radius 1 is 0.667 bits per heavy atom. The van der Waals surface area contributed by atoms with E-state index in [0.29, 0.717) is 24.3 Å². The molecule has 0 aliphatic rings. The van der Waals surface area contributed by atoms with E-state index >= 15 is 0 Å². The monoisotopic (exact) mass is 416 g/mol. The molecule has 2 aromatic rings. The molecule has 0 heterocycles. The highest BCUT2D eigenvalue weighted by Crippen LogP contribution is 2.15. The summed E-state index contributed by atoms with van der Waals surface area (Å²) in [6.45, 7) is 0.0953. The second-order valence-electron chi connectivity index (χ2n) is 5.10. The molecule has 0 amide bonds.